The molecule has 0 heterocycles. The van der Waals surface area contributed by atoms with Gasteiger partial charge in [-0.2, -0.15) is 0 Å². The van der Waals surface area contributed by atoms with Gasteiger partial charge in [0.05, 0.1) is 11.9 Å². The van der Waals surface area contributed by atoms with Crippen LogP contribution in [0.15, 0.2) is 0 Å². The third-order valence-corrected chi connectivity index (χ3v) is 17.7. The molecule has 0 atom stereocenters. The van der Waals surface area contributed by atoms with Crippen LogP contribution in [-0.2, 0) is 31.4 Å². The molecule has 0 unspecified atom stereocenters. The number of hydrogen-bond acceptors (Lipinski definition) is 4. The third kappa shape index (κ3) is 54.9. The van der Waals surface area contributed by atoms with Crippen molar-refractivity contribution < 1.29 is 19.8 Å². The van der Waals surface area contributed by atoms with Gasteiger partial charge in [-0.05, 0) is 96.8 Å². The molecule has 0 aromatic heterocycles. The molecule has 0 rings (SSSR count). The number of aliphatic carboxylic acids is 2. The average Bonchev–Trinajstić information content (AvgIpc) is 3.03. The predicted octanol–water partition coefficient (Wildman–Crippen LogP) is 10.7. The van der Waals surface area contributed by atoms with E-state index in [0.717, 1.165) is 46.7 Å². The molecule has 0 spiro atoms. The van der Waals surface area contributed by atoms with Crippen LogP contribution in [0.5, 0.6) is 0 Å². The molecule has 0 fully saturated rings. The van der Waals surface area contributed by atoms with Gasteiger partial charge in [0.1, 0.15) is 34.5 Å². The molecule has 0 amide bonds. The number of carbonyl (C=O) groups is 2. The summed E-state index contributed by atoms with van der Waals surface area (Å²) in [7, 11) is 0.110. The van der Waals surface area contributed by atoms with E-state index in [1.807, 2.05) is 0 Å². The topological polar surface area (TPSA) is 80.3 Å². The molecule has 0 radical (unpaired) electrons. The van der Waals surface area contributed by atoms with E-state index >= 15 is 0 Å². The Hall–Kier alpha value is 0.439. The van der Waals surface area contributed by atoms with Crippen molar-refractivity contribution in [3.63, 3.8) is 0 Å². The fraction of sp³-hybridized carbons (Fsp3) is 0.955. The van der Waals surface area contributed by atoms with Crippen molar-refractivity contribution in [3.8, 4) is 0 Å². The minimum absolute atomic E-state index is 0.0550. The van der Waals surface area contributed by atoms with Gasteiger partial charge in [-0.3, -0.25) is 0 Å². The predicted molar refractivity (Wildman–Crippen MR) is 232 cm³/mol. The van der Waals surface area contributed by atoms with Crippen LogP contribution in [0.1, 0.15) is 198 Å². The Morgan fingerprint density at radius 2 is 0.686 bits per heavy atom. The van der Waals surface area contributed by atoms with Crippen molar-refractivity contribution in [2.75, 3.05) is 34.5 Å². The molecule has 0 saturated heterocycles. The van der Waals surface area contributed by atoms with Crippen molar-refractivity contribution in [1.29, 1.82) is 0 Å². The third-order valence-electron chi connectivity index (χ3n) is 8.92. The van der Waals surface area contributed by atoms with Gasteiger partial charge in [0.25, 0.3) is 0 Å². The van der Waals surface area contributed by atoms with Gasteiger partial charge < -0.3 is 19.8 Å². The van der Waals surface area contributed by atoms with Crippen molar-refractivity contribution >= 4 is 54.9 Å². The average molecular weight is 866 g/mol. The molecule has 0 aliphatic carbocycles. The van der Waals surface area contributed by atoms with Gasteiger partial charge in [0.15, 0.2) is 0 Å². The summed E-state index contributed by atoms with van der Waals surface area (Å²) in [4.78, 5) is 21.7. The molecule has 0 aromatic rings. The fourth-order valence-electron chi connectivity index (χ4n) is 5.70. The zero-order chi connectivity index (χ0) is 39.1. The number of carboxylic acid groups (broad SMARTS) is 2. The second-order valence-corrected chi connectivity index (χ2v) is 25.4. The van der Waals surface area contributed by atoms with Crippen LogP contribution < -0.4 is 10.2 Å². The van der Waals surface area contributed by atoms with E-state index < -0.39 is 11.9 Å². The Kier molecular flexibility index (Phi) is 47.2. The molecule has 304 valence electrons. The summed E-state index contributed by atoms with van der Waals surface area (Å²) >= 11 is 0.149. The van der Waals surface area contributed by atoms with Crippen LogP contribution >= 0.6 is 0 Å². The summed E-state index contributed by atoms with van der Waals surface area (Å²) in [6.45, 7) is 22.7. The monoisotopic (exact) mass is 867 g/mol. The van der Waals surface area contributed by atoms with Gasteiger partial charge in [0, 0.05) is 0 Å². The van der Waals surface area contributed by atoms with Gasteiger partial charge in [0.2, 0.25) is 0 Å². The first-order valence-electron chi connectivity index (χ1n) is 21.6. The number of unbranched alkanes of at least 4 members (excludes halogenated alkanes) is 10. The molecule has 0 bridgehead atoms. The van der Waals surface area contributed by atoms with E-state index in [-0.39, 0.29) is 54.4 Å². The Balaban J connectivity index is -0.000000731. The van der Waals surface area contributed by atoms with Crippen LogP contribution in [0.2, 0.25) is 8.87 Å². The molecule has 4 nitrogen and oxygen atoms in total. The molecular weight excluding hydrogens is 775 g/mol. The zero-order valence-electron chi connectivity index (χ0n) is 36.1. The van der Waals surface area contributed by atoms with E-state index in [4.69, 9.17) is 0 Å². The maximum atomic E-state index is 10.9. The molecule has 0 saturated carbocycles. The van der Waals surface area contributed by atoms with E-state index in [0.29, 0.717) is 0 Å². The van der Waals surface area contributed by atoms with E-state index in [2.05, 4.69) is 69.2 Å². The van der Waals surface area contributed by atoms with E-state index in [9.17, 15) is 19.8 Å². The van der Waals surface area contributed by atoms with Crippen molar-refractivity contribution in [1.82, 2.24) is 0 Å². The van der Waals surface area contributed by atoms with Crippen LogP contribution in [0.4, 0.5) is 0 Å². The number of hydrogen-bond donors (Lipinski definition) is 0. The summed E-state index contributed by atoms with van der Waals surface area (Å²) in [5, 5.41) is 21.7. The molecule has 0 N–H and O–H groups in total. The van der Waals surface area contributed by atoms with Crippen LogP contribution in [0.25, 0.3) is 0 Å². The first kappa shape index (κ1) is 55.8. The van der Waals surface area contributed by atoms with Crippen LogP contribution in [0.3, 0.4) is 0 Å². The van der Waals surface area contributed by atoms with E-state index in [1.165, 1.54) is 128 Å². The van der Waals surface area contributed by atoms with Gasteiger partial charge in [-0.15, -0.1) is 0 Å². The van der Waals surface area contributed by atoms with Gasteiger partial charge in [-0.1, -0.05) is 107 Å². The zero-order valence-corrected chi connectivity index (χ0v) is 40.5. The summed E-state index contributed by atoms with van der Waals surface area (Å²) in [5.74, 6) is 6.37. The first-order valence-corrected chi connectivity index (χ1v) is 29.1. The molecule has 0 aliphatic heterocycles. The van der Waals surface area contributed by atoms with Gasteiger partial charge in [-0.25, -0.2) is 0 Å². The minimum atomic E-state index is -0.859. The Morgan fingerprint density at radius 3 is 0.882 bits per heavy atom. The maximum absolute atomic E-state index is 10.9. The Morgan fingerprint density at radius 1 is 0.431 bits per heavy atom. The van der Waals surface area contributed by atoms with Crippen LogP contribution in [0, 0.1) is 23.7 Å². The standard InChI is InChI=1S/2C18H36O2S.2C4H9.Sn/c2*1-16(2)11-7-5-9-13-21(15-18(19)20)14-10-6-8-12-17(3)4;2*1-3-4-2;/h2*16-17H,5-15H2,1-4H3;2*1,3-4H2,2H3;/q;;;;+2. The number of rotatable bonds is 34. The normalized spacial score (nSPS) is 11.3. The van der Waals surface area contributed by atoms with E-state index in [1.54, 1.807) is 8.87 Å². The number of carbonyl (C=O) groups excluding carboxylic acids is 2. The summed E-state index contributed by atoms with van der Waals surface area (Å²) in [5.41, 5.74) is 0. The second kappa shape index (κ2) is 43.2. The first-order chi connectivity index (χ1) is 24.2. The Labute approximate surface area is 337 Å². The molecular formula is C44H90O4S2Sn+2. The summed E-state index contributed by atoms with van der Waals surface area (Å²) in [6, 6.07) is 0. The SMILES string of the molecule is CC(C)CCCCC[S+](CCCCCC(C)C)CC(=O)[O-].CC(C)CCCCC[S+](CCCCCC(C)C)CC(=O)[O-].CCC[CH2][Sn+2][CH2]CCC. The molecule has 7 heteroatoms. The van der Waals surface area contributed by atoms with Crippen molar-refractivity contribution in [2.45, 2.75) is 207 Å². The molecule has 0 aliphatic rings. The fourth-order valence-corrected chi connectivity index (χ4v) is 14.0. The van der Waals surface area contributed by atoms with Gasteiger partial charge >= 0.3 is 69.5 Å². The van der Waals surface area contributed by atoms with Crippen molar-refractivity contribution in [2.24, 2.45) is 23.7 Å². The quantitative estimate of drug-likeness (QED) is 0.0367. The second-order valence-electron chi connectivity index (χ2n) is 16.5. The molecule has 0 aromatic carbocycles. The van der Waals surface area contributed by atoms with Crippen LogP contribution in [-0.4, -0.2) is 67.6 Å². The molecule has 51 heavy (non-hydrogen) atoms. The van der Waals surface area contributed by atoms with Crippen molar-refractivity contribution in [3.05, 3.63) is 0 Å². The summed E-state index contributed by atoms with van der Waals surface area (Å²) in [6.07, 6.45) is 25.9. The number of carboxylic acids is 2. The summed E-state index contributed by atoms with van der Waals surface area (Å²) < 4.78 is 3.25. The Bertz CT molecular complexity index is 623.